The van der Waals surface area contributed by atoms with Gasteiger partial charge in [-0.25, -0.2) is 0 Å². The largest absolute Gasteiger partial charge is 0.392 e. The van der Waals surface area contributed by atoms with Crippen LogP contribution in [0.2, 0.25) is 0 Å². The van der Waals surface area contributed by atoms with E-state index in [9.17, 15) is 15.0 Å². The van der Waals surface area contributed by atoms with E-state index in [1.54, 1.807) is 0 Å². The summed E-state index contributed by atoms with van der Waals surface area (Å²) < 4.78 is 0. The van der Waals surface area contributed by atoms with Crippen LogP contribution >= 0.6 is 0 Å². The van der Waals surface area contributed by atoms with Crippen LogP contribution in [0, 0.1) is 16.7 Å². The molecule has 0 aromatic heterocycles. The zero-order valence-electron chi connectivity index (χ0n) is 17.7. The highest BCUT2D eigenvalue weighted by Crippen LogP contribution is 2.53. The maximum absolute atomic E-state index is 12.9. The fraction of sp³-hybridized carbons (Fsp3) is 0.708. The molecule has 28 heavy (non-hydrogen) atoms. The van der Waals surface area contributed by atoms with Gasteiger partial charge in [-0.3, -0.25) is 4.79 Å². The fourth-order valence-corrected chi connectivity index (χ4v) is 5.78. The van der Waals surface area contributed by atoms with E-state index in [0.29, 0.717) is 38.1 Å². The molecule has 2 aliphatic rings. The molecule has 2 bridgehead atoms. The molecule has 4 heteroatoms. The average molecular weight is 388 g/mol. The first-order valence-electron chi connectivity index (χ1n) is 11.0. The lowest BCUT2D eigenvalue weighted by atomic mass is 9.52. The highest BCUT2D eigenvalue weighted by Gasteiger charge is 2.62. The summed E-state index contributed by atoms with van der Waals surface area (Å²) in [6.45, 7) is 8.78. The molecular formula is C24H37NO3. The SMILES string of the molecule is CCCCC(O)[C@]12CC(=O)C[C@](Cc3ccccc3)(CN(CC(C)C)C1)C2O. The third-order valence-corrected chi connectivity index (χ3v) is 6.77. The van der Waals surface area contributed by atoms with Gasteiger partial charge in [0.2, 0.25) is 0 Å². The van der Waals surface area contributed by atoms with Gasteiger partial charge in [0, 0.05) is 43.3 Å². The lowest BCUT2D eigenvalue weighted by Gasteiger charge is -2.60. The highest BCUT2D eigenvalue weighted by atomic mass is 16.3. The standard InChI is InChI=1S/C24H37NO3/c1-4-5-11-21(27)24-14-20(26)13-23(22(24)28,12-19-9-7-6-8-10-19)16-25(17-24)15-18(2)3/h6-10,18,21-22,27-28H,4-5,11-17H2,1-3H3/t21?,22?,23-,24+/m1/s1. The Morgan fingerprint density at radius 3 is 2.54 bits per heavy atom. The van der Waals surface area contributed by atoms with Gasteiger partial charge in [0.25, 0.3) is 0 Å². The highest BCUT2D eigenvalue weighted by molar-refractivity contribution is 5.82. The van der Waals surface area contributed by atoms with Crippen LogP contribution in [0.3, 0.4) is 0 Å². The number of benzene rings is 1. The zero-order chi connectivity index (χ0) is 20.4. The predicted octanol–water partition coefficient (Wildman–Crippen LogP) is 3.45. The van der Waals surface area contributed by atoms with E-state index in [1.807, 2.05) is 18.2 Å². The van der Waals surface area contributed by atoms with Gasteiger partial charge in [0.1, 0.15) is 5.78 Å². The monoisotopic (exact) mass is 387 g/mol. The van der Waals surface area contributed by atoms with E-state index in [-0.39, 0.29) is 5.78 Å². The Balaban J connectivity index is 1.99. The van der Waals surface area contributed by atoms with Gasteiger partial charge in [0.15, 0.2) is 0 Å². The number of piperidine rings is 1. The summed E-state index contributed by atoms with van der Waals surface area (Å²) in [6, 6.07) is 10.2. The molecule has 4 atom stereocenters. The molecule has 0 amide bonds. The summed E-state index contributed by atoms with van der Waals surface area (Å²) in [5.41, 5.74) is -0.108. The Hall–Kier alpha value is -1.23. The molecular weight excluding hydrogens is 350 g/mol. The number of nitrogens with zero attached hydrogens (tertiary/aromatic N) is 1. The molecule has 1 aromatic rings. The molecule has 1 saturated carbocycles. The van der Waals surface area contributed by atoms with Gasteiger partial charge in [-0.2, -0.15) is 0 Å². The number of rotatable bonds is 8. The second kappa shape index (κ2) is 8.64. The number of fused-ring (bicyclic) bond motifs is 2. The van der Waals surface area contributed by atoms with E-state index in [0.717, 1.165) is 31.5 Å². The second-order valence-corrected chi connectivity index (χ2v) is 9.77. The number of likely N-dealkylation sites (tertiary alicyclic amines) is 1. The first kappa shape index (κ1) is 21.5. The van der Waals surface area contributed by atoms with Gasteiger partial charge in [-0.15, -0.1) is 0 Å². The molecule has 4 nitrogen and oxygen atoms in total. The number of hydrogen-bond donors (Lipinski definition) is 2. The molecule has 1 aliphatic heterocycles. The van der Waals surface area contributed by atoms with Crippen LogP contribution in [0.4, 0.5) is 0 Å². The normalized spacial score (nSPS) is 31.9. The Morgan fingerprint density at radius 2 is 1.89 bits per heavy atom. The van der Waals surface area contributed by atoms with Crippen molar-refractivity contribution in [1.29, 1.82) is 0 Å². The van der Waals surface area contributed by atoms with E-state index in [2.05, 4.69) is 37.8 Å². The van der Waals surface area contributed by atoms with Gasteiger partial charge in [-0.05, 0) is 24.3 Å². The number of Topliss-reactive ketones (excluding diaryl/α,β-unsaturated/α-hetero) is 1. The van der Waals surface area contributed by atoms with E-state index in [4.69, 9.17) is 0 Å². The minimum atomic E-state index is -0.744. The quantitative estimate of drug-likeness (QED) is 0.717. The van der Waals surface area contributed by atoms with E-state index < -0.39 is 23.0 Å². The first-order valence-corrected chi connectivity index (χ1v) is 11.0. The van der Waals surface area contributed by atoms with Gasteiger partial charge in [0.05, 0.1) is 12.2 Å². The van der Waals surface area contributed by atoms with Crippen LogP contribution in [0.1, 0.15) is 58.4 Å². The van der Waals surface area contributed by atoms with Crippen LogP contribution in [0.5, 0.6) is 0 Å². The second-order valence-electron chi connectivity index (χ2n) is 9.77. The van der Waals surface area contributed by atoms with Crippen LogP contribution < -0.4 is 0 Å². The van der Waals surface area contributed by atoms with Crippen molar-refractivity contribution in [1.82, 2.24) is 4.90 Å². The molecule has 2 N–H and O–H groups in total. The van der Waals surface area contributed by atoms with Crippen molar-refractivity contribution in [2.24, 2.45) is 16.7 Å². The lowest BCUT2D eigenvalue weighted by molar-refractivity contribution is -0.206. The molecule has 3 rings (SSSR count). The number of carbonyl (C=O) groups is 1. The van der Waals surface area contributed by atoms with Crippen molar-refractivity contribution >= 4 is 5.78 Å². The van der Waals surface area contributed by atoms with Crippen LogP contribution in [-0.2, 0) is 11.2 Å². The molecule has 0 radical (unpaired) electrons. The number of unbranched alkanes of at least 4 members (excludes halogenated alkanes) is 1. The minimum Gasteiger partial charge on any atom is -0.392 e. The van der Waals surface area contributed by atoms with Crippen LogP contribution in [-0.4, -0.2) is 52.7 Å². The maximum atomic E-state index is 12.9. The first-order chi connectivity index (χ1) is 13.3. The molecule has 2 fully saturated rings. The average Bonchev–Trinajstić information content (AvgIpc) is 2.62. The zero-order valence-corrected chi connectivity index (χ0v) is 17.7. The number of aliphatic hydroxyl groups excluding tert-OH is 2. The van der Waals surface area contributed by atoms with Crippen molar-refractivity contribution in [2.45, 2.75) is 71.5 Å². The summed E-state index contributed by atoms with van der Waals surface area (Å²) in [5, 5.41) is 22.8. The predicted molar refractivity (Wildman–Crippen MR) is 112 cm³/mol. The summed E-state index contributed by atoms with van der Waals surface area (Å²) in [4.78, 5) is 15.3. The van der Waals surface area contributed by atoms with Crippen molar-refractivity contribution in [3.8, 4) is 0 Å². The maximum Gasteiger partial charge on any atom is 0.134 e. The molecule has 1 aromatic carbocycles. The van der Waals surface area contributed by atoms with Crippen LogP contribution in [0.25, 0.3) is 0 Å². The smallest absolute Gasteiger partial charge is 0.134 e. The van der Waals surface area contributed by atoms with E-state index in [1.165, 1.54) is 0 Å². The Kier molecular flexibility index (Phi) is 6.63. The Labute approximate surface area is 169 Å². The molecule has 1 aliphatic carbocycles. The summed E-state index contributed by atoms with van der Waals surface area (Å²) in [7, 11) is 0. The number of aliphatic hydroxyl groups is 2. The lowest BCUT2D eigenvalue weighted by Crippen LogP contribution is -2.70. The molecule has 1 heterocycles. The Bertz CT molecular complexity index is 661. The van der Waals surface area contributed by atoms with Crippen molar-refractivity contribution in [3.63, 3.8) is 0 Å². The van der Waals surface area contributed by atoms with E-state index >= 15 is 0 Å². The molecule has 0 spiro atoms. The van der Waals surface area contributed by atoms with Crippen molar-refractivity contribution in [2.75, 3.05) is 19.6 Å². The number of hydrogen-bond acceptors (Lipinski definition) is 4. The third kappa shape index (κ3) is 4.19. The topological polar surface area (TPSA) is 60.8 Å². The summed E-state index contributed by atoms with van der Waals surface area (Å²) in [5.74, 6) is 0.700. The Morgan fingerprint density at radius 1 is 1.18 bits per heavy atom. The van der Waals surface area contributed by atoms with Gasteiger partial charge >= 0.3 is 0 Å². The molecule has 2 unspecified atom stereocenters. The third-order valence-electron chi connectivity index (χ3n) is 6.77. The summed E-state index contributed by atoms with van der Waals surface area (Å²) in [6.07, 6.45) is 2.64. The number of ketones is 1. The van der Waals surface area contributed by atoms with Gasteiger partial charge < -0.3 is 15.1 Å². The number of carbonyl (C=O) groups excluding carboxylic acids is 1. The van der Waals surface area contributed by atoms with Gasteiger partial charge in [-0.1, -0.05) is 63.9 Å². The van der Waals surface area contributed by atoms with Crippen molar-refractivity contribution < 1.29 is 15.0 Å². The molecule has 1 saturated heterocycles. The summed E-state index contributed by atoms with van der Waals surface area (Å²) >= 11 is 0. The van der Waals surface area contributed by atoms with Crippen LogP contribution in [0.15, 0.2) is 30.3 Å². The fourth-order valence-electron chi connectivity index (χ4n) is 5.78. The molecule has 156 valence electrons. The minimum absolute atomic E-state index is 0.195. The van der Waals surface area contributed by atoms with Crippen molar-refractivity contribution in [3.05, 3.63) is 35.9 Å².